The van der Waals surface area contributed by atoms with E-state index in [0.29, 0.717) is 29.3 Å². The summed E-state index contributed by atoms with van der Waals surface area (Å²) in [6.07, 6.45) is -1.92. The van der Waals surface area contributed by atoms with E-state index in [0.717, 1.165) is 23.9 Å². The molecule has 0 fully saturated rings. The van der Waals surface area contributed by atoms with Gasteiger partial charge in [-0.3, -0.25) is 4.90 Å². The highest BCUT2D eigenvalue weighted by atomic mass is 35.5. The first kappa shape index (κ1) is 25.2. The summed E-state index contributed by atoms with van der Waals surface area (Å²) in [5, 5.41) is 0.297. The molecule has 11 heteroatoms. The van der Waals surface area contributed by atoms with E-state index in [1.54, 1.807) is 31.2 Å². The number of ether oxygens (including phenoxy) is 2. The molecule has 34 heavy (non-hydrogen) atoms. The third kappa shape index (κ3) is 6.34. The Morgan fingerprint density at radius 3 is 2.38 bits per heavy atom. The van der Waals surface area contributed by atoms with Gasteiger partial charge in [0.05, 0.1) is 17.9 Å². The van der Waals surface area contributed by atoms with Gasteiger partial charge in [-0.2, -0.15) is 13.2 Å². The molecule has 0 radical (unpaired) electrons. The summed E-state index contributed by atoms with van der Waals surface area (Å²) < 4.78 is 48.6. The van der Waals surface area contributed by atoms with Gasteiger partial charge in [0.25, 0.3) is 0 Å². The van der Waals surface area contributed by atoms with Crippen LogP contribution in [0.25, 0.3) is 0 Å². The van der Waals surface area contributed by atoms with Crippen LogP contribution in [0.1, 0.15) is 30.7 Å². The highest BCUT2D eigenvalue weighted by Crippen LogP contribution is 2.30. The predicted molar refractivity (Wildman–Crippen MR) is 120 cm³/mol. The van der Waals surface area contributed by atoms with Gasteiger partial charge in [0, 0.05) is 18.8 Å². The zero-order chi connectivity index (χ0) is 24.7. The molecular weight excluding hydrogens is 473 g/mol. The smallest absolute Gasteiger partial charge is 0.417 e. The van der Waals surface area contributed by atoms with E-state index in [2.05, 4.69) is 15.0 Å². The summed E-state index contributed by atoms with van der Waals surface area (Å²) >= 11 is 6.40. The van der Waals surface area contributed by atoms with Gasteiger partial charge in [-0.1, -0.05) is 30.7 Å². The van der Waals surface area contributed by atoms with Crippen molar-refractivity contribution in [1.82, 2.24) is 15.0 Å². The molecule has 1 amide bonds. The molecule has 3 aromatic rings. The minimum absolute atomic E-state index is 0.0411. The van der Waals surface area contributed by atoms with Gasteiger partial charge < -0.3 is 9.47 Å². The van der Waals surface area contributed by atoms with Crippen LogP contribution in [0.3, 0.4) is 0 Å². The highest BCUT2D eigenvalue weighted by molar-refractivity contribution is 6.34. The molecule has 0 spiro atoms. The number of pyridine rings is 1. The second-order valence-electron chi connectivity index (χ2n) is 7.04. The molecule has 0 atom stereocenters. The van der Waals surface area contributed by atoms with Crippen LogP contribution in [0, 0.1) is 0 Å². The number of carbonyl (C=O) groups excluding carboxylic acids is 1. The lowest BCUT2D eigenvalue weighted by atomic mass is 10.1. The Labute approximate surface area is 199 Å². The van der Waals surface area contributed by atoms with Crippen LogP contribution in [0.4, 0.5) is 23.8 Å². The summed E-state index contributed by atoms with van der Waals surface area (Å²) in [5.41, 5.74) is 0.651. The van der Waals surface area contributed by atoms with Crippen molar-refractivity contribution in [1.29, 1.82) is 0 Å². The number of rotatable bonds is 8. The van der Waals surface area contributed by atoms with Crippen molar-refractivity contribution < 1.29 is 27.4 Å². The number of nitrogens with zero attached hydrogens (tertiary/aromatic N) is 4. The van der Waals surface area contributed by atoms with Crippen molar-refractivity contribution in [2.75, 3.05) is 18.1 Å². The van der Waals surface area contributed by atoms with Crippen molar-refractivity contribution >= 4 is 23.5 Å². The zero-order valence-corrected chi connectivity index (χ0v) is 19.2. The molecule has 0 aliphatic carbocycles. The Morgan fingerprint density at radius 1 is 1.06 bits per heavy atom. The molecular formula is C23H22ClF3N4O3. The van der Waals surface area contributed by atoms with Crippen LogP contribution in [-0.4, -0.2) is 34.2 Å². The molecule has 0 aliphatic rings. The molecule has 1 aromatic carbocycles. The minimum atomic E-state index is -4.46. The number of amides is 1. The first-order chi connectivity index (χ1) is 16.2. The summed E-state index contributed by atoms with van der Waals surface area (Å²) in [6.45, 7) is 4.05. The topological polar surface area (TPSA) is 77.4 Å². The SMILES string of the molecule is CCOC(=O)N(CCc1ccc(Oc2ccc(C(F)(F)F)cn2)cc1)c1ncnc(CC)c1Cl. The lowest BCUT2D eigenvalue weighted by Crippen LogP contribution is -2.34. The van der Waals surface area contributed by atoms with E-state index < -0.39 is 17.8 Å². The molecule has 2 aromatic heterocycles. The lowest BCUT2D eigenvalue weighted by Gasteiger charge is -2.22. The van der Waals surface area contributed by atoms with Gasteiger partial charge >= 0.3 is 12.3 Å². The summed E-state index contributed by atoms with van der Waals surface area (Å²) in [5.74, 6) is 0.726. The molecule has 3 rings (SSSR count). The molecule has 180 valence electrons. The number of halogens is 4. The van der Waals surface area contributed by atoms with Crippen LogP contribution in [0.15, 0.2) is 48.9 Å². The second kappa shape index (κ2) is 11.1. The number of aryl methyl sites for hydroxylation is 1. The van der Waals surface area contributed by atoms with E-state index in [9.17, 15) is 18.0 Å². The van der Waals surface area contributed by atoms with E-state index in [-0.39, 0.29) is 24.8 Å². The van der Waals surface area contributed by atoms with Crippen molar-refractivity contribution in [3.8, 4) is 11.6 Å². The molecule has 0 saturated heterocycles. The minimum Gasteiger partial charge on any atom is -0.449 e. The van der Waals surface area contributed by atoms with Crippen LogP contribution >= 0.6 is 11.6 Å². The molecule has 0 unspecified atom stereocenters. The van der Waals surface area contributed by atoms with Gasteiger partial charge in [-0.25, -0.2) is 19.7 Å². The molecule has 0 N–H and O–H groups in total. The summed E-state index contributed by atoms with van der Waals surface area (Å²) in [4.78, 5) is 25.9. The number of alkyl halides is 3. The van der Waals surface area contributed by atoms with Gasteiger partial charge in [-0.15, -0.1) is 0 Å². The van der Waals surface area contributed by atoms with Gasteiger partial charge in [-0.05, 0) is 43.5 Å². The van der Waals surface area contributed by atoms with Gasteiger partial charge in [0.15, 0.2) is 5.82 Å². The molecule has 0 saturated carbocycles. The largest absolute Gasteiger partial charge is 0.449 e. The summed E-state index contributed by atoms with van der Waals surface area (Å²) in [6, 6.07) is 8.95. The van der Waals surface area contributed by atoms with E-state index >= 15 is 0 Å². The Kier molecular flexibility index (Phi) is 8.27. The third-order valence-electron chi connectivity index (χ3n) is 4.76. The lowest BCUT2D eigenvalue weighted by molar-refractivity contribution is -0.137. The number of carbonyl (C=O) groups is 1. The monoisotopic (exact) mass is 494 g/mol. The van der Waals surface area contributed by atoms with E-state index in [4.69, 9.17) is 21.1 Å². The van der Waals surface area contributed by atoms with Gasteiger partial charge in [0.1, 0.15) is 17.1 Å². The fourth-order valence-corrected chi connectivity index (χ4v) is 3.34. The van der Waals surface area contributed by atoms with E-state index in [1.165, 1.54) is 11.2 Å². The maximum atomic E-state index is 12.7. The Bertz CT molecular complexity index is 1110. The first-order valence-corrected chi connectivity index (χ1v) is 10.8. The first-order valence-electron chi connectivity index (χ1n) is 10.5. The fraction of sp³-hybridized carbons (Fsp3) is 0.304. The van der Waals surface area contributed by atoms with Crippen molar-refractivity contribution in [3.63, 3.8) is 0 Å². The molecule has 0 aliphatic heterocycles. The number of aromatic nitrogens is 3. The Hall–Kier alpha value is -3.40. The highest BCUT2D eigenvalue weighted by Gasteiger charge is 2.30. The normalized spacial score (nSPS) is 11.2. The van der Waals surface area contributed by atoms with Gasteiger partial charge in [0.2, 0.25) is 5.88 Å². The standard InChI is InChI=1S/C23H22ClF3N4O3/c1-3-18-20(24)21(30-14-29-18)31(22(32)33-4-2)12-11-15-5-8-17(9-6-15)34-19-10-7-16(13-28-19)23(25,26)27/h5-10,13-14H,3-4,11-12H2,1-2H3. The molecule has 7 nitrogen and oxygen atoms in total. The Morgan fingerprint density at radius 2 is 1.79 bits per heavy atom. The van der Waals surface area contributed by atoms with Crippen LogP contribution < -0.4 is 9.64 Å². The number of benzene rings is 1. The number of hydrogen-bond acceptors (Lipinski definition) is 6. The predicted octanol–water partition coefficient (Wildman–Crippen LogP) is 6.10. The average Bonchev–Trinajstić information content (AvgIpc) is 2.81. The van der Waals surface area contributed by atoms with Crippen LogP contribution in [0.2, 0.25) is 5.02 Å². The number of hydrogen-bond donors (Lipinski definition) is 0. The fourth-order valence-electron chi connectivity index (χ4n) is 3.01. The maximum Gasteiger partial charge on any atom is 0.417 e. The summed E-state index contributed by atoms with van der Waals surface area (Å²) in [7, 11) is 0. The maximum absolute atomic E-state index is 12.7. The molecule has 0 bridgehead atoms. The van der Waals surface area contributed by atoms with Crippen molar-refractivity contribution in [2.45, 2.75) is 32.9 Å². The van der Waals surface area contributed by atoms with Crippen molar-refractivity contribution in [2.24, 2.45) is 0 Å². The van der Waals surface area contributed by atoms with Crippen LogP contribution in [0.5, 0.6) is 11.6 Å². The quantitative estimate of drug-likeness (QED) is 0.376. The Balaban J connectivity index is 1.69. The average molecular weight is 495 g/mol. The van der Waals surface area contributed by atoms with Crippen LogP contribution in [-0.2, 0) is 23.8 Å². The van der Waals surface area contributed by atoms with E-state index in [1.807, 2.05) is 6.92 Å². The third-order valence-corrected chi connectivity index (χ3v) is 5.14. The zero-order valence-electron chi connectivity index (χ0n) is 18.5. The number of anilines is 1. The molecule has 2 heterocycles. The van der Waals surface area contributed by atoms with Crippen molar-refractivity contribution in [3.05, 3.63) is 70.8 Å². The second-order valence-corrected chi connectivity index (χ2v) is 7.42.